The minimum absolute atomic E-state index is 0.0725. The number of aromatic nitrogens is 3. The van der Waals surface area contributed by atoms with Crippen molar-refractivity contribution in [2.24, 2.45) is 0 Å². The van der Waals surface area contributed by atoms with Crippen molar-refractivity contribution in [1.29, 1.82) is 0 Å². The molecule has 4 rings (SSSR count). The molecule has 2 heterocycles. The van der Waals surface area contributed by atoms with Gasteiger partial charge in [0.1, 0.15) is 5.69 Å². The molecule has 2 aromatic heterocycles. The zero-order valence-electron chi connectivity index (χ0n) is 15.3. The van der Waals surface area contributed by atoms with E-state index in [4.69, 9.17) is 11.6 Å². The van der Waals surface area contributed by atoms with Crippen LogP contribution in [0.4, 0.5) is 0 Å². The number of imidazole rings is 1. The van der Waals surface area contributed by atoms with Crippen molar-refractivity contribution < 1.29 is 9.59 Å². The Kier molecular flexibility index (Phi) is 4.84. The summed E-state index contributed by atoms with van der Waals surface area (Å²) in [5, 5.41) is 1.54. The standard InChI is InChI=1S/C22H18ClN3O2/c1-2-20(27)18-11-24-22(25-18)21(28)17-13-26(19-6-4-3-5-16(17)19)12-14-7-9-15(23)10-8-14/h3-11,13H,2,12H2,1H3,(H,24,25). The molecule has 0 spiro atoms. The molecule has 28 heavy (non-hydrogen) atoms. The van der Waals surface area contributed by atoms with Gasteiger partial charge in [-0.25, -0.2) is 4.98 Å². The topological polar surface area (TPSA) is 67.8 Å². The third-order valence-corrected chi connectivity index (χ3v) is 4.96. The Hall–Kier alpha value is -3.18. The summed E-state index contributed by atoms with van der Waals surface area (Å²) in [5.41, 5.74) is 2.94. The number of carbonyl (C=O) groups is 2. The largest absolute Gasteiger partial charge is 0.342 e. The molecule has 0 saturated carbocycles. The highest BCUT2D eigenvalue weighted by Crippen LogP contribution is 2.24. The lowest BCUT2D eigenvalue weighted by atomic mass is 10.1. The summed E-state index contributed by atoms with van der Waals surface area (Å²) in [4.78, 5) is 31.9. The van der Waals surface area contributed by atoms with Gasteiger partial charge in [-0.05, 0) is 23.8 Å². The maximum atomic E-state index is 13.1. The fourth-order valence-electron chi connectivity index (χ4n) is 3.24. The van der Waals surface area contributed by atoms with Gasteiger partial charge in [0.25, 0.3) is 0 Å². The summed E-state index contributed by atoms with van der Waals surface area (Å²) in [6, 6.07) is 15.4. The molecule has 0 aliphatic rings. The van der Waals surface area contributed by atoms with Crippen molar-refractivity contribution in [1.82, 2.24) is 14.5 Å². The van der Waals surface area contributed by atoms with Crippen molar-refractivity contribution in [3.05, 3.63) is 88.6 Å². The van der Waals surface area contributed by atoms with E-state index in [1.807, 2.05) is 59.3 Å². The number of carbonyl (C=O) groups excluding carboxylic acids is 2. The van der Waals surface area contributed by atoms with E-state index < -0.39 is 0 Å². The number of ketones is 2. The molecule has 0 aliphatic carbocycles. The maximum Gasteiger partial charge on any atom is 0.230 e. The second-order valence-corrected chi connectivity index (χ2v) is 7.00. The molecule has 2 aromatic carbocycles. The van der Waals surface area contributed by atoms with E-state index >= 15 is 0 Å². The Morgan fingerprint density at radius 2 is 1.86 bits per heavy atom. The number of halogens is 1. The fourth-order valence-corrected chi connectivity index (χ4v) is 3.37. The second-order valence-electron chi connectivity index (χ2n) is 6.57. The van der Waals surface area contributed by atoms with Gasteiger partial charge in [0, 0.05) is 35.1 Å². The van der Waals surface area contributed by atoms with Gasteiger partial charge >= 0.3 is 0 Å². The highest BCUT2D eigenvalue weighted by molar-refractivity contribution is 6.30. The lowest BCUT2D eigenvalue weighted by molar-refractivity contribution is 0.0984. The monoisotopic (exact) mass is 391 g/mol. The molecular formula is C22H18ClN3O2. The van der Waals surface area contributed by atoms with Gasteiger partial charge in [0.2, 0.25) is 5.78 Å². The molecule has 0 aliphatic heterocycles. The third-order valence-electron chi connectivity index (χ3n) is 4.71. The van der Waals surface area contributed by atoms with E-state index in [0.29, 0.717) is 29.2 Å². The van der Waals surface area contributed by atoms with Crippen molar-refractivity contribution in [2.75, 3.05) is 0 Å². The highest BCUT2D eigenvalue weighted by atomic mass is 35.5. The number of nitrogens with one attached hydrogen (secondary N) is 1. The lowest BCUT2D eigenvalue weighted by Gasteiger charge is -2.05. The second kappa shape index (κ2) is 7.44. The Balaban J connectivity index is 1.73. The van der Waals surface area contributed by atoms with Crippen LogP contribution in [0.3, 0.4) is 0 Å². The van der Waals surface area contributed by atoms with E-state index in [-0.39, 0.29) is 17.4 Å². The number of hydrogen-bond donors (Lipinski definition) is 1. The first-order chi connectivity index (χ1) is 13.6. The van der Waals surface area contributed by atoms with Gasteiger partial charge in [-0.15, -0.1) is 0 Å². The van der Waals surface area contributed by atoms with Crippen LogP contribution in [-0.4, -0.2) is 26.1 Å². The molecule has 5 nitrogen and oxygen atoms in total. The molecule has 0 atom stereocenters. The van der Waals surface area contributed by atoms with E-state index in [1.165, 1.54) is 6.20 Å². The quantitative estimate of drug-likeness (QED) is 0.476. The number of H-pyrrole nitrogens is 1. The van der Waals surface area contributed by atoms with Crippen molar-refractivity contribution in [3.8, 4) is 0 Å². The average Bonchev–Trinajstić information content (AvgIpc) is 3.35. The predicted octanol–water partition coefficient (Wildman–Crippen LogP) is 4.89. The lowest BCUT2D eigenvalue weighted by Crippen LogP contribution is -2.05. The van der Waals surface area contributed by atoms with E-state index in [2.05, 4.69) is 9.97 Å². The number of fused-ring (bicyclic) bond motifs is 1. The molecule has 6 heteroatoms. The Bertz CT molecular complexity index is 1170. The molecule has 0 unspecified atom stereocenters. The number of para-hydroxylation sites is 1. The number of rotatable bonds is 6. The molecule has 4 aromatic rings. The summed E-state index contributed by atoms with van der Waals surface area (Å²) in [6.45, 7) is 2.39. The number of aromatic amines is 1. The predicted molar refractivity (Wildman–Crippen MR) is 109 cm³/mol. The summed E-state index contributed by atoms with van der Waals surface area (Å²) in [5.74, 6) is -0.135. The van der Waals surface area contributed by atoms with Crippen molar-refractivity contribution in [3.63, 3.8) is 0 Å². The van der Waals surface area contributed by atoms with Crippen molar-refractivity contribution >= 4 is 34.1 Å². The van der Waals surface area contributed by atoms with Crippen LogP contribution in [0, 0.1) is 0 Å². The van der Waals surface area contributed by atoms with Crippen LogP contribution >= 0.6 is 11.6 Å². The molecular weight excluding hydrogens is 374 g/mol. The zero-order chi connectivity index (χ0) is 19.7. The number of benzene rings is 2. The van der Waals surface area contributed by atoms with Gasteiger partial charge in [-0.3, -0.25) is 9.59 Å². The highest BCUT2D eigenvalue weighted by Gasteiger charge is 2.20. The molecule has 140 valence electrons. The first-order valence-electron chi connectivity index (χ1n) is 9.02. The number of nitrogens with zero attached hydrogens (tertiary/aromatic N) is 2. The van der Waals surface area contributed by atoms with Crippen LogP contribution < -0.4 is 0 Å². The van der Waals surface area contributed by atoms with Crippen molar-refractivity contribution in [2.45, 2.75) is 19.9 Å². The summed E-state index contributed by atoms with van der Waals surface area (Å²) < 4.78 is 2.03. The van der Waals surface area contributed by atoms with Crippen LogP contribution in [0.1, 0.15) is 45.6 Å². The fraction of sp³-hybridized carbons (Fsp3) is 0.136. The Morgan fingerprint density at radius 1 is 1.11 bits per heavy atom. The van der Waals surface area contributed by atoms with Crippen LogP contribution in [0.15, 0.2) is 60.9 Å². The average molecular weight is 392 g/mol. The smallest absolute Gasteiger partial charge is 0.230 e. The maximum absolute atomic E-state index is 13.1. The van der Waals surface area contributed by atoms with Crippen LogP contribution in [-0.2, 0) is 6.54 Å². The van der Waals surface area contributed by atoms with Gasteiger partial charge in [-0.2, -0.15) is 0 Å². The molecule has 0 bridgehead atoms. The molecule has 1 N–H and O–H groups in total. The first-order valence-corrected chi connectivity index (χ1v) is 9.40. The minimum atomic E-state index is -0.235. The summed E-state index contributed by atoms with van der Waals surface area (Å²) in [7, 11) is 0. The number of Topliss-reactive ketones (excluding diaryl/α,β-unsaturated/α-hetero) is 1. The Labute approximate surface area is 167 Å². The Morgan fingerprint density at radius 3 is 2.61 bits per heavy atom. The zero-order valence-corrected chi connectivity index (χ0v) is 16.0. The SMILES string of the molecule is CCC(=O)c1cnc(C(=O)c2cn(Cc3ccc(Cl)cc3)c3ccccc23)[nH]1. The van der Waals surface area contributed by atoms with Crippen LogP contribution in [0.5, 0.6) is 0 Å². The van der Waals surface area contributed by atoms with Gasteiger partial charge in [-0.1, -0.05) is 48.9 Å². The normalized spacial score (nSPS) is 11.1. The van der Waals surface area contributed by atoms with E-state index in [1.54, 1.807) is 6.92 Å². The van der Waals surface area contributed by atoms with E-state index in [9.17, 15) is 9.59 Å². The van der Waals surface area contributed by atoms with Gasteiger partial charge in [0.05, 0.1) is 11.8 Å². The van der Waals surface area contributed by atoms with E-state index in [0.717, 1.165) is 16.5 Å². The molecule has 0 radical (unpaired) electrons. The van der Waals surface area contributed by atoms with Crippen LogP contribution in [0.25, 0.3) is 10.9 Å². The number of hydrogen-bond acceptors (Lipinski definition) is 3. The summed E-state index contributed by atoms with van der Waals surface area (Å²) >= 11 is 5.97. The minimum Gasteiger partial charge on any atom is -0.342 e. The van der Waals surface area contributed by atoms with Gasteiger partial charge < -0.3 is 9.55 Å². The third kappa shape index (κ3) is 3.37. The van der Waals surface area contributed by atoms with Gasteiger partial charge in [0.15, 0.2) is 11.6 Å². The first kappa shape index (κ1) is 18.2. The molecule has 0 amide bonds. The molecule has 0 fully saturated rings. The molecule has 0 saturated heterocycles. The van der Waals surface area contributed by atoms with Crippen LogP contribution in [0.2, 0.25) is 5.02 Å². The summed E-state index contributed by atoms with van der Waals surface area (Å²) in [6.07, 6.45) is 3.62.